The van der Waals surface area contributed by atoms with Gasteiger partial charge in [0.2, 0.25) is 0 Å². The first-order chi connectivity index (χ1) is 9.26. The van der Waals surface area contributed by atoms with Crippen molar-refractivity contribution in [3.05, 3.63) is 48.0 Å². The zero-order valence-electron chi connectivity index (χ0n) is 11.0. The molecular weight excluding hydrogens is 234 g/mol. The van der Waals surface area contributed by atoms with Crippen molar-refractivity contribution < 1.29 is 4.79 Å². The number of hydrogen-bond acceptors (Lipinski definition) is 1. The Balaban J connectivity index is 2.29. The molecule has 1 N–H and O–H groups in total. The summed E-state index contributed by atoms with van der Waals surface area (Å²) in [6.45, 7) is 2.02. The first-order valence-electron chi connectivity index (χ1n) is 6.48. The van der Waals surface area contributed by atoms with Gasteiger partial charge in [0.25, 0.3) is 5.91 Å². The molecule has 0 aliphatic carbocycles. The molecule has 0 aliphatic heterocycles. The Morgan fingerprint density at radius 3 is 2.74 bits per heavy atom. The average Bonchev–Trinajstić information content (AvgIpc) is 2.46. The topological polar surface area (TPSA) is 29.1 Å². The van der Waals surface area contributed by atoms with Gasteiger partial charge < -0.3 is 5.32 Å². The van der Waals surface area contributed by atoms with Crippen molar-refractivity contribution in [1.82, 2.24) is 5.32 Å². The van der Waals surface area contributed by atoms with Crippen LogP contribution in [0.3, 0.4) is 0 Å². The fraction of sp³-hybridized carbons (Fsp3) is 0.235. The van der Waals surface area contributed by atoms with E-state index in [1.807, 2.05) is 49.4 Å². The van der Waals surface area contributed by atoms with Crippen LogP contribution in [0.1, 0.15) is 30.1 Å². The SMILES string of the molecule is C#CCC(CC)NC(=O)c1cccc2ccccc12. The number of carbonyl (C=O) groups excluding carboxylic acids is 1. The maximum Gasteiger partial charge on any atom is 0.252 e. The number of rotatable bonds is 4. The fourth-order valence-corrected chi connectivity index (χ4v) is 2.13. The zero-order chi connectivity index (χ0) is 13.7. The van der Waals surface area contributed by atoms with Crippen molar-refractivity contribution in [1.29, 1.82) is 0 Å². The van der Waals surface area contributed by atoms with Crippen LogP contribution in [0.4, 0.5) is 0 Å². The fourth-order valence-electron chi connectivity index (χ4n) is 2.13. The maximum absolute atomic E-state index is 12.3. The van der Waals surface area contributed by atoms with Crippen molar-refractivity contribution in [2.75, 3.05) is 0 Å². The monoisotopic (exact) mass is 251 g/mol. The molecule has 0 aromatic heterocycles. The minimum atomic E-state index is -0.0566. The maximum atomic E-state index is 12.3. The predicted molar refractivity (Wildman–Crippen MR) is 78.9 cm³/mol. The molecule has 2 rings (SSSR count). The number of nitrogens with one attached hydrogen (secondary N) is 1. The van der Waals surface area contributed by atoms with E-state index in [1.165, 1.54) is 0 Å². The Bertz CT molecular complexity index is 619. The average molecular weight is 251 g/mol. The molecule has 2 aromatic carbocycles. The largest absolute Gasteiger partial charge is 0.348 e. The van der Waals surface area contributed by atoms with Crippen molar-refractivity contribution in [3.8, 4) is 12.3 Å². The summed E-state index contributed by atoms with van der Waals surface area (Å²) in [6.07, 6.45) is 6.71. The van der Waals surface area contributed by atoms with Gasteiger partial charge in [-0.05, 0) is 23.3 Å². The molecule has 2 heteroatoms. The van der Waals surface area contributed by atoms with Crippen molar-refractivity contribution >= 4 is 16.7 Å². The molecule has 0 bridgehead atoms. The summed E-state index contributed by atoms with van der Waals surface area (Å²) in [7, 11) is 0. The molecule has 96 valence electrons. The smallest absolute Gasteiger partial charge is 0.252 e. The predicted octanol–water partition coefficient (Wildman–Crippen LogP) is 3.37. The Kier molecular flexibility index (Phi) is 4.20. The molecule has 0 fully saturated rings. The lowest BCUT2D eigenvalue weighted by Gasteiger charge is -2.15. The molecule has 2 nitrogen and oxygen atoms in total. The number of hydrogen-bond donors (Lipinski definition) is 1. The van der Waals surface area contributed by atoms with E-state index in [9.17, 15) is 4.79 Å². The second-order valence-electron chi connectivity index (χ2n) is 4.51. The highest BCUT2D eigenvalue weighted by molar-refractivity contribution is 6.07. The second-order valence-corrected chi connectivity index (χ2v) is 4.51. The minimum absolute atomic E-state index is 0.0384. The van der Waals surface area contributed by atoms with E-state index in [0.717, 1.165) is 17.2 Å². The molecule has 1 unspecified atom stereocenters. The lowest BCUT2D eigenvalue weighted by molar-refractivity contribution is 0.0938. The van der Waals surface area contributed by atoms with E-state index in [1.54, 1.807) is 0 Å². The van der Waals surface area contributed by atoms with Crippen LogP contribution in [0, 0.1) is 12.3 Å². The highest BCUT2D eigenvalue weighted by Crippen LogP contribution is 2.18. The molecular formula is C17H17NO. The summed E-state index contributed by atoms with van der Waals surface area (Å²) < 4.78 is 0. The Morgan fingerprint density at radius 2 is 2.00 bits per heavy atom. The van der Waals surface area contributed by atoms with Gasteiger partial charge in [0.15, 0.2) is 0 Å². The number of carbonyl (C=O) groups is 1. The van der Waals surface area contributed by atoms with Crippen LogP contribution >= 0.6 is 0 Å². The lowest BCUT2D eigenvalue weighted by Crippen LogP contribution is -2.34. The van der Waals surface area contributed by atoms with Crippen LogP contribution in [0.15, 0.2) is 42.5 Å². The van der Waals surface area contributed by atoms with Crippen molar-refractivity contribution in [2.45, 2.75) is 25.8 Å². The normalized spacial score (nSPS) is 11.8. The van der Waals surface area contributed by atoms with E-state index >= 15 is 0 Å². The van der Waals surface area contributed by atoms with Crippen molar-refractivity contribution in [2.24, 2.45) is 0 Å². The molecule has 2 aromatic rings. The molecule has 0 saturated carbocycles. The molecule has 0 aliphatic rings. The lowest BCUT2D eigenvalue weighted by atomic mass is 10.0. The van der Waals surface area contributed by atoms with Gasteiger partial charge in [0.05, 0.1) is 0 Å². The number of benzene rings is 2. The number of terminal acetylenes is 1. The van der Waals surface area contributed by atoms with E-state index in [-0.39, 0.29) is 11.9 Å². The first kappa shape index (κ1) is 13.2. The van der Waals surface area contributed by atoms with Gasteiger partial charge in [0, 0.05) is 18.0 Å². The Labute approximate surface area is 113 Å². The van der Waals surface area contributed by atoms with Gasteiger partial charge in [0.1, 0.15) is 0 Å². The number of amides is 1. The van der Waals surface area contributed by atoms with E-state index in [2.05, 4.69) is 11.2 Å². The van der Waals surface area contributed by atoms with Gasteiger partial charge >= 0.3 is 0 Å². The number of fused-ring (bicyclic) bond motifs is 1. The van der Waals surface area contributed by atoms with Crippen LogP contribution in [0.2, 0.25) is 0 Å². The zero-order valence-corrected chi connectivity index (χ0v) is 11.0. The third kappa shape index (κ3) is 2.95. The second kappa shape index (κ2) is 6.06. The van der Waals surface area contributed by atoms with Gasteiger partial charge in [-0.3, -0.25) is 4.79 Å². The summed E-state index contributed by atoms with van der Waals surface area (Å²) in [4.78, 5) is 12.3. The van der Waals surface area contributed by atoms with Crippen LogP contribution in [0.25, 0.3) is 10.8 Å². The van der Waals surface area contributed by atoms with Crippen molar-refractivity contribution in [3.63, 3.8) is 0 Å². The summed E-state index contributed by atoms with van der Waals surface area (Å²) >= 11 is 0. The van der Waals surface area contributed by atoms with Gasteiger partial charge in [-0.1, -0.05) is 43.3 Å². The summed E-state index contributed by atoms with van der Waals surface area (Å²) in [5.41, 5.74) is 0.702. The van der Waals surface area contributed by atoms with E-state index < -0.39 is 0 Å². The molecule has 0 heterocycles. The van der Waals surface area contributed by atoms with Crippen LogP contribution in [0.5, 0.6) is 0 Å². The molecule has 0 radical (unpaired) electrons. The van der Waals surface area contributed by atoms with E-state index in [0.29, 0.717) is 12.0 Å². The van der Waals surface area contributed by atoms with Gasteiger partial charge in [-0.25, -0.2) is 0 Å². The molecule has 19 heavy (non-hydrogen) atoms. The van der Waals surface area contributed by atoms with Crippen LogP contribution in [-0.2, 0) is 0 Å². The quantitative estimate of drug-likeness (QED) is 0.829. The minimum Gasteiger partial charge on any atom is -0.348 e. The Hall–Kier alpha value is -2.27. The molecule has 0 saturated heterocycles. The summed E-state index contributed by atoms with van der Waals surface area (Å²) in [6, 6.07) is 13.7. The molecule has 1 atom stereocenters. The molecule has 1 amide bonds. The summed E-state index contributed by atoms with van der Waals surface area (Å²) in [5.74, 6) is 2.54. The first-order valence-corrected chi connectivity index (χ1v) is 6.48. The third-order valence-electron chi connectivity index (χ3n) is 3.23. The third-order valence-corrected chi connectivity index (χ3v) is 3.23. The standard InChI is InChI=1S/C17H17NO/c1-3-8-14(4-2)18-17(19)16-12-7-10-13-9-5-6-11-15(13)16/h1,5-7,9-12,14H,4,8H2,2H3,(H,18,19). The van der Waals surface area contributed by atoms with Gasteiger partial charge in [-0.2, -0.15) is 0 Å². The Morgan fingerprint density at radius 1 is 1.26 bits per heavy atom. The van der Waals surface area contributed by atoms with Gasteiger partial charge in [-0.15, -0.1) is 12.3 Å². The highest BCUT2D eigenvalue weighted by atomic mass is 16.1. The summed E-state index contributed by atoms with van der Waals surface area (Å²) in [5, 5.41) is 5.03. The highest BCUT2D eigenvalue weighted by Gasteiger charge is 2.13. The van der Waals surface area contributed by atoms with Crippen LogP contribution < -0.4 is 5.32 Å². The van der Waals surface area contributed by atoms with E-state index in [4.69, 9.17) is 6.42 Å². The van der Waals surface area contributed by atoms with Crippen LogP contribution in [-0.4, -0.2) is 11.9 Å². The molecule has 0 spiro atoms.